The van der Waals surface area contributed by atoms with E-state index in [9.17, 15) is 9.59 Å². The lowest BCUT2D eigenvalue weighted by molar-refractivity contribution is -0.146. The Hall–Kier alpha value is -1.32. The number of esters is 1. The molecular formula is C13H24O4. The molecule has 0 aliphatic carbocycles. The SMILES string of the molecule is C=CCOC(=O)C(C)CC.CCC(C)C(=O)O. The summed E-state index contributed by atoms with van der Waals surface area (Å²) in [5.41, 5.74) is 0. The van der Waals surface area contributed by atoms with Crippen molar-refractivity contribution in [1.29, 1.82) is 0 Å². The van der Waals surface area contributed by atoms with E-state index in [1.54, 1.807) is 13.0 Å². The van der Waals surface area contributed by atoms with Crippen molar-refractivity contribution in [1.82, 2.24) is 0 Å². The van der Waals surface area contributed by atoms with Crippen molar-refractivity contribution in [3.05, 3.63) is 12.7 Å². The maximum atomic E-state index is 10.9. The summed E-state index contributed by atoms with van der Waals surface area (Å²) in [4.78, 5) is 20.8. The number of hydrogen-bond donors (Lipinski definition) is 1. The van der Waals surface area contributed by atoms with Gasteiger partial charge in [0.05, 0.1) is 11.8 Å². The van der Waals surface area contributed by atoms with E-state index in [0.29, 0.717) is 6.61 Å². The number of rotatable bonds is 6. The van der Waals surface area contributed by atoms with Gasteiger partial charge in [-0.1, -0.05) is 40.3 Å². The molecule has 0 saturated carbocycles. The average Bonchev–Trinajstić information content (AvgIpc) is 2.34. The molecule has 2 unspecified atom stereocenters. The summed E-state index contributed by atoms with van der Waals surface area (Å²) in [6, 6.07) is 0. The molecule has 0 aliphatic heterocycles. The molecule has 0 aromatic rings. The first kappa shape index (κ1) is 18.1. The molecule has 0 aliphatic rings. The number of hydrogen-bond acceptors (Lipinski definition) is 3. The van der Waals surface area contributed by atoms with Gasteiger partial charge in [0, 0.05) is 0 Å². The van der Waals surface area contributed by atoms with Crippen LogP contribution >= 0.6 is 0 Å². The highest BCUT2D eigenvalue weighted by molar-refractivity contribution is 5.71. The van der Waals surface area contributed by atoms with Gasteiger partial charge in [0.15, 0.2) is 0 Å². The van der Waals surface area contributed by atoms with Gasteiger partial charge in [0.1, 0.15) is 6.61 Å². The summed E-state index contributed by atoms with van der Waals surface area (Å²) in [6.45, 7) is 11.1. The van der Waals surface area contributed by atoms with Gasteiger partial charge < -0.3 is 9.84 Å². The third kappa shape index (κ3) is 11.0. The van der Waals surface area contributed by atoms with Gasteiger partial charge in [-0.3, -0.25) is 9.59 Å². The van der Waals surface area contributed by atoms with Crippen LogP contribution in [0.4, 0.5) is 0 Å². The molecule has 0 spiro atoms. The Bertz CT molecular complexity index is 236. The Morgan fingerprint density at radius 1 is 1.24 bits per heavy atom. The lowest BCUT2D eigenvalue weighted by Gasteiger charge is -2.06. The fourth-order valence-electron chi connectivity index (χ4n) is 0.625. The number of carboxylic acid groups (broad SMARTS) is 1. The van der Waals surface area contributed by atoms with Crippen molar-refractivity contribution >= 4 is 11.9 Å². The minimum Gasteiger partial charge on any atom is -0.481 e. The molecule has 0 saturated heterocycles. The van der Waals surface area contributed by atoms with Crippen LogP contribution in [0.1, 0.15) is 40.5 Å². The molecule has 0 aromatic carbocycles. The van der Waals surface area contributed by atoms with E-state index in [4.69, 9.17) is 9.84 Å². The Morgan fingerprint density at radius 3 is 1.94 bits per heavy atom. The Morgan fingerprint density at radius 2 is 1.71 bits per heavy atom. The first-order valence-electron chi connectivity index (χ1n) is 5.90. The highest BCUT2D eigenvalue weighted by atomic mass is 16.5. The van der Waals surface area contributed by atoms with Gasteiger partial charge >= 0.3 is 11.9 Å². The molecule has 0 aromatic heterocycles. The Balaban J connectivity index is 0. The number of carboxylic acids is 1. The first-order chi connectivity index (χ1) is 7.90. The zero-order chi connectivity index (χ0) is 13.8. The van der Waals surface area contributed by atoms with E-state index >= 15 is 0 Å². The van der Waals surface area contributed by atoms with Crippen molar-refractivity contribution < 1.29 is 19.4 Å². The van der Waals surface area contributed by atoms with E-state index in [0.717, 1.165) is 12.8 Å². The predicted molar refractivity (Wildman–Crippen MR) is 67.7 cm³/mol. The summed E-state index contributed by atoms with van der Waals surface area (Å²) in [7, 11) is 0. The Kier molecular flexibility index (Phi) is 11.9. The van der Waals surface area contributed by atoms with Gasteiger partial charge in [-0.2, -0.15) is 0 Å². The average molecular weight is 244 g/mol. The van der Waals surface area contributed by atoms with Gasteiger partial charge in [0.2, 0.25) is 0 Å². The summed E-state index contributed by atoms with van der Waals surface area (Å²) in [6.07, 6.45) is 3.12. The van der Waals surface area contributed by atoms with Crippen molar-refractivity contribution in [3.63, 3.8) is 0 Å². The molecule has 0 heterocycles. The van der Waals surface area contributed by atoms with Crippen LogP contribution in [0.15, 0.2) is 12.7 Å². The first-order valence-corrected chi connectivity index (χ1v) is 5.90. The normalized spacial score (nSPS) is 12.7. The molecular weight excluding hydrogens is 220 g/mol. The largest absolute Gasteiger partial charge is 0.481 e. The molecule has 0 amide bonds. The monoisotopic (exact) mass is 244 g/mol. The highest BCUT2D eigenvalue weighted by Crippen LogP contribution is 2.02. The maximum absolute atomic E-state index is 10.9. The van der Waals surface area contributed by atoms with E-state index in [-0.39, 0.29) is 17.8 Å². The van der Waals surface area contributed by atoms with Crippen molar-refractivity contribution in [3.8, 4) is 0 Å². The van der Waals surface area contributed by atoms with Crippen LogP contribution in [0.5, 0.6) is 0 Å². The molecule has 1 N–H and O–H groups in total. The van der Waals surface area contributed by atoms with E-state index in [1.165, 1.54) is 0 Å². The third-order valence-corrected chi connectivity index (χ3v) is 2.39. The zero-order valence-electron chi connectivity index (χ0n) is 11.2. The molecule has 0 fully saturated rings. The fourth-order valence-corrected chi connectivity index (χ4v) is 0.625. The van der Waals surface area contributed by atoms with Crippen LogP contribution in [-0.2, 0) is 14.3 Å². The Labute approximate surface area is 104 Å². The lowest BCUT2D eigenvalue weighted by atomic mass is 10.1. The summed E-state index contributed by atoms with van der Waals surface area (Å²) < 4.78 is 4.79. The zero-order valence-corrected chi connectivity index (χ0v) is 11.2. The number of carbonyl (C=O) groups is 2. The van der Waals surface area contributed by atoms with Crippen molar-refractivity contribution in [2.75, 3.05) is 6.61 Å². The van der Waals surface area contributed by atoms with Gasteiger partial charge in [-0.05, 0) is 12.8 Å². The van der Waals surface area contributed by atoms with E-state index < -0.39 is 5.97 Å². The predicted octanol–water partition coefficient (Wildman–Crippen LogP) is 2.88. The van der Waals surface area contributed by atoms with Crippen LogP contribution < -0.4 is 0 Å². The van der Waals surface area contributed by atoms with Crippen LogP contribution in [-0.4, -0.2) is 23.7 Å². The second-order valence-electron chi connectivity index (χ2n) is 3.88. The van der Waals surface area contributed by atoms with Crippen LogP contribution in [0, 0.1) is 11.8 Å². The summed E-state index contributed by atoms with van der Waals surface area (Å²) in [5.74, 6) is -1.01. The standard InChI is InChI=1S/C8H14O2.C5H10O2/c1-4-6-10-8(9)7(3)5-2;1-3-4(2)5(6)7/h4,7H,1,5-6H2,2-3H3;4H,3H2,1-2H3,(H,6,7). The number of carbonyl (C=O) groups excluding carboxylic acids is 1. The number of aliphatic carboxylic acids is 1. The van der Waals surface area contributed by atoms with Crippen LogP contribution in [0.3, 0.4) is 0 Å². The molecule has 0 radical (unpaired) electrons. The molecule has 100 valence electrons. The molecule has 0 bridgehead atoms. The van der Waals surface area contributed by atoms with Gasteiger partial charge in [-0.25, -0.2) is 0 Å². The quantitative estimate of drug-likeness (QED) is 0.576. The topological polar surface area (TPSA) is 63.6 Å². The highest BCUT2D eigenvalue weighted by Gasteiger charge is 2.09. The number of ether oxygens (including phenoxy) is 1. The molecule has 17 heavy (non-hydrogen) atoms. The summed E-state index contributed by atoms with van der Waals surface area (Å²) >= 11 is 0. The van der Waals surface area contributed by atoms with Crippen LogP contribution in [0.2, 0.25) is 0 Å². The van der Waals surface area contributed by atoms with Gasteiger partial charge in [-0.15, -0.1) is 0 Å². The second kappa shape index (κ2) is 11.2. The fraction of sp³-hybridized carbons (Fsp3) is 0.692. The lowest BCUT2D eigenvalue weighted by Crippen LogP contribution is -2.13. The van der Waals surface area contributed by atoms with E-state index in [2.05, 4.69) is 6.58 Å². The molecule has 0 rings (SSSR count). The van der Waals surface area contributed by atoms with Crippen molar-refractivity contribution in [2.24, 2.45) is 11.8 Å². The smallest absolute Gasteiger partial charge is 0.308 e. The molecule has 2 atom stereocenters. The van der Waals surface area contributed by atoms with Crippen molar-refractivity contribution in [2.45, 2.75) is 40.5 Å². The minimum atomic E-state index is -0.706. The van der Waals surface area contributed by atoms with Crippen LogP contribution in [0.25, 0.3) is 0 Å². The van der Waals surface area contributed by atoms with E-state index in [1.807, 2.05) is 20.8 Å². The summed E-state index contributed by atoms with van der Waals surface area (Å²) in [5, 5.41) is 8.18. The molecule has 4 heteroatoms. The second-order valence-corrected chi connectivity index (χ2v) is 3.88. The maximum Gasteiger partial charge on any atom is 0.308 e. The third-order valence-electron chi connectivity index (χ3n) is 2.39. The molecule has 4 nitrogen and oxygen atoms in total. The van der Waals surface area contributed by atoms with Gasteiger partial charge in [0.25, 0.3) is 0 Å². The minimum absolute atomic E-state index is 0.0138.